The van der Waals surface area contributed by atoms with Crippen molar-refractivity contribution in [2.75, 3.05) is 45.4 Å². The lowest BCUT2D eigenvalue weighted by Gasteiger charge is -2.44. The van der Waals surface area contributed by atoms with Gasteiger partial charge < -0.3 is 10.2 Å². The van der Waals surface area contributed by atoms with Crippen molar-refractivity contribution in [2.24, 2.45) is 10.9 Å². The zero-order chi connectivity index (χ0) is 19.8. The highest BCUT2D eigenvalue weighted by atomic mass is 15.5. The molecule has 0 saturated heterocycles. The molecule has 3 heterocycles. The van der Waals surface area contributed by atoms with Crippen molar-refractivity contribution in [1.82, 2.24) is 24.7 Å². The van der Waals surface area contributed by atoms with Gasteiger partial charge in [-0.25, -0.2) is 9.98 Å². The predicted molar refractivity (Wildman–Crippen MR) is 118 cm³/mol. The van der Waals surface area contributed by atoms with E-state index in [-0.39, 0.29) is 6.17 Å². The molecule has 0 saturated carbocycles. The molecule has 29 heavy (non-hydrogen) atoms. The number of anilines is 1. The highest BCUT2D eigenvalue weighted by Crippen LogP contribution is 2.37. The van der Waals surface area contributed by atoms with Crippen LogP contribution in [0.5, 0.6) is 0 Å². The SMILES string of the molecule is CN(C)CCCN1CN=C2N[C@@H]([C@@H]3CC=CCC3)n3c(nc4ccccc43)N2C1. The molecule has 5 rings (SSSR count). The van der Waals surface area contributed by atoms with Gasteiger partial charge in [-0.3, -0.25) is 14.4 Å². The second kappa shape index (κ2) is 7.80. The van der Waals surface area contributed by atoms with E-state index in [4.69, 9.17) is 9.98 Å². The van der Waals surface area contributed by atoms with E-state index in [0.717, 1.165) is 63.1 Å². The number of fused-ring (bicyclic) bond motifs is 5. The molecule has 2 atom stereocenters. The first-order valence-corrected chi connectivity index (χ1v) is 10.8. The molecule has 0 bridgehead atoms. The number of aliphatic imine (C=N–C) groups is 1. The van der Waals surface area contributed by atoms with Gasteiger partial charge in [0.1, 0.15) is 6.17 Å². The number of benzene rings is 1. The van der Waals surface area contributed by atoms with Gasteiger partial charge in [-0.05, 0) is 58.5 Å². The molecule has 1 aromatic heterocycles. The molecule has 7 nitrogen and oxygen atoms in total. The van der Waals surface area contributed by atoms with Crippen molar-refractivity contribution < 1.29 is 0 Å². The van der Waals surface area contributed by atoms with E-state index >= 15 is 0 Å². The predicted octanol–water partition coefficient (Wildman–Crippen LogP) is 2.84. The summed E-state index contributed by atoms with van der Waals surface area (Å²) in [7, 11) is 4.26. The fraction of sp³-hybridized carbons (Fsp3) is 0.545. The third kappa shape index (κ3) is 3.53. The number of aromatic nitrogens is 2. The fourth-order valence-electron chi connectivity index (χ4n) is 4.72. The Morgan fingerprint density at radius 3 is 2.93 bits per heavy atom. The molecule has 2 aliphatic heterocycles. The van der Waals surface area contributed by atoms with Gasteiger partial charge in [0, 0.05) is 12.5 Å². The van der Waals surface area contributed by atoms with Crippen LogP contribution >= 0.6 is 0 Å². The van der Waals surface area contributed by atoms with Gasteiger partial charge in [-0.1, -0.05) is 24.3 Å². The molecule has 0 amide bonds. The standard InChI is InChI=1S/C22H31N7/c1-26(2)13-8-14-27-15-23-21-25-20(17-9-4-3-5-10-17)29-19-12-7-6-11-18(19)24-22(29)28(21)16-27/h3-4,6-7,11-12,17,20H,5,8-10,13-16H2,1-2H3,(H,23,25)/t17-,20-/m1/s1. The molecule has 1 aromatic carbocycles. The second-order valence-corrected chi connectivity index (χ2v) is 8.65. The molecule has 0 spiro atoms. The summed E-state index contributed by atoms with van der Waals surface area (Å²) < 4.78 is 2.42. The number of guanidine groups is 1. The molecule has 3 aliphatic rings. The Bertz CT molecular complexity index is 928. The van der Waals surface area contributed by atoms with Gasteiger partial charge in [0.15, 0.2) is 0 Å². The van der Waals surface area contributed by atoms with Crippen LogP contribution in [0.1, 0.15) is 31.8 Å². The molecule has 1 aliphatic carbocycles. The lowest BCUT2D eigenvalue weighted by molar-refractivity contribution is 0.238. The molecule has 7 heteroatoms. The highest BCUT2D eigenvalue weighted by molar-refractivity contribution is 5.98. The van der Waals surface area contributed by atoms with Gasteiger partial charge in [0.25, 0.3) is 0 Å². The van der Waals surface area contributed by atoms with Gasteiger partial charge in [0.05, 0.1) is 24.4 Å². The lowest BCUT2D eigenvalue weighted by Crippen LogP contribution is -2.58. The van der Waals surface area contributed by atoms with E-state index in [9.17, 15) is 0 Å². The molecule has 0 fully saturated rings. The molecule has 0 unspecified atom stereocenters. The van der Waals surface area contributed by atoms with Crippen LogP contribution in [0.4, 0.5) is 5.95 Å². The minimum atomic E-state index is 0.206. The van der Waals surface area contributed by atoms with Crippen LogP contribution in [0.25, 0.3) is 11.0 Å². The van der Waals surface area contributed by atoms with Gasteiger partial charge >= 0.3 is 0 Å². The van der Waals surface area contributed by atoms with Crippen molar-refractivity contribution in [1.29, 1.82) is 0 Å². The minimum absolute atomic E-state index is 0.206. The molecular weight excluding hydrogens is 362 g/mol. The van der Waals surface area contributed by atoms with Gasteiger partial charge in [0.2, 0.25) is 11.9 Å². The molecule has 1 N–H and O–H groups in total. The Labute approximate surface area is 172 Å². The summed E-state index contributed by atoms with van der Waals surface area (Å²) in [5.41, 5.74) is 2.27. The summed E-state index contributed by atoms with van der Waals surface area (Å²) in [4.78, 5) is 16.9. The van der Waals surface area contributed by atoms with E-state index in [1.165, 1.54) is 11.9 Å². The Balaban J connectivity index is 1.47. The average Bonchev–Trinajstić information content (AvgIpc) is 3.14. The van der Waals surface area contributed by atoms with Crippen LogP contribution < -0.4 is 10.2 Å². The maximum atomic E-state index is 5.04. The van der Waals surface area contributed by atoms with Crippen LogP contribution in [-0.4, -0.2) is 65.8 Å². The normalized spacial score (nSPS) is 24.4. The Morgan fingerprint density at radius 2 is 2.10 bits per heavy atom. The van der Waals surface area contributed by atoms with Crippen molar-refractivity contribution in [3.8, 4) is 0 Å². The summed E-state index contributed by atoms with van der Waals surface area (Å²) in [6.07, 6.45) is 9.45. The number of imidazole rings is 1. The quantitative estimate of drug-likeness (QED) is 0.792. The number of hydrogen-bond acceptors (Lipinski definition) is 6. The number of nitrogens with zero attached hydrogens (tertiary/aromatic N) is 6. The first kappa shape index (κ1) is 18.6. The summed E-state index contributed by atoms with van der Waals surface area (Å²) >= 11 is 0. The Morgan fingerprint density at radius 1 is 1.21 bits per heavy atom. The van der Waals surface area contributed by atoms with Crippen molar-refractivity contribution in [3.05, 3.63) is 36.4 Å². The van der Waals surface area contributed by atoms with Crippen LogP contribution in [0.2, 0.25) is 0 Å². The van der Waals surface area contributed by atoms with E-state index < -0.39 is 0 Å². The maximum Gasteiger partial charge on any atom is 0.216 e. The van der Waals surface area contributed by atoms with Crippen molar-refractivity contribution >= 4 is 22.9 Å². The third-order valence-electron chi connectivity index (χ3n) is 6.23. The Hall–Kier alpha value is -2.38. The molecule has 0 radical (unpaired) electrons. The van der Waals surface area contributed by atoms with Gasteiger partial charge in [-0.2, -0.15) is 0 Å². The maximum absolute atomic E-state index is 5.04. The van der Waals surface area contributed by atoms with E-state index in [1.807, 2.05) is 0 Å². The average molecular weight is 394 g/mol. The van der Waals surface area contributed by atoms with Crippen LogP contribution in [0.3, 0.4) is 0 Å². The summed E-state index contributed by atoms with van der Waals surface area (Å²) in [5.74, 6) is 2.57. The largest absolute Gasteiger partial charge is 0.335 e. The Kier molecular flexibility index (Phi) is 5.01. The lowest BCUT2D eigenvalue weighted by atomic mass is 9.91. The van der Waals surface area contributed by atoms with Crippen LogP contribution in [0.15, 0.2) is 41.4 Å². The van der Waals surface area contributed by atoms with Gasteiger partial charge in [-0.15, -0.1) is 0 Å². The fourth-order valence-corrected chi connectivity index (χ4v) is 4.72. The number of allylic oxidation sites excluding steroid dienone is 2. The zero-order valence-electron chi connectivity index (χ0n) is 17.5. The topological polar surface area (TPSA) is 51.9 Å². The molecular formula is C22H31N7. The van der Waals surface area contributed by atoms with E-state index in [2.05, 4.69) is 75.1 Å². The summed E-state index contributed by atoms with van der Waals surface area (Å²) in [6, 6.07) is 8.50. The number of nitrogens with one attached hydrogen (secondary N) is 1. The van der Waals surface area contributed by atoms with Crippen LogP contribution in [0, 0.1) is 5.92 Å². The number of rotatable bonds is 5. The summed E-state index contributed by atoms with van der Waals surface area (Å²) in [5, 5.41) is 3.78. The van der Waals surface area contributed by atoms with E-state index in [1.54, 1.807) is 0 Å². The highest BCUT2D eigenvalue weighted by Gasteiger charge is 2.38. The first-order chi connectivity index (χ1) is 14.2. The summed E-state index contributed by atoms with van der Waals surface area (Å²) in [6.45, 7) is 3.73. The molecule has 154 valence electrons. The zero-order valence-corrected chi connectivity index (χ0v) is 17.5. The molecule has 2 aromatic rings. The van der Waals surface area contributed by atoms with Crippen molar-refractivity contribution in [2.45, 2.75) is 31.8 Å². The minimum Gasteiger partial charge on any atom is -0.335 e. The number of para-hydroxylation sites is 2. The third-order valence-corrected chi connectivity index (χ3v) is 6.23. The first-order valence-electron chi connectivity index (χ1n) is 10.8. The van der Waals surface area contributed by atoms with Crippen LogP contribution in [-0.2, 0) is 0 Å². The monoisotopic (exact) mass is 393 g/mol. The van der Waals surface area contributed by atoms with Crippen molar-refractivity contribution in [3.63, 3.8) is 0 Å². The second-order valence-electron chi connectivity index (χ2n) is 8.65. The smallest absolute Gasteiger partial charge is 0.216 e. The van der Waals surface area contributed by atoms with E-state index in [0.29, 0.717) is 5.92 Å². The number of hydrogen-bond donors (Lipinski definition) is 1.